The van der Waals surface area contributed by atoms with Crippen molar-refractivity contribution < 1.29 is 27.5 Å². The lowest BCUT2D eigenvalue weighted by Crippen LogP contribution is -2.51. The zero-order valence-electron chi connectivity index (χ0n) is 21.0. The molecule has 1 unspecified atom stereocenters. The summed E-state index contributed by atoms with van der Waals surface area (Å²) in [6.45, 7) is 5.12. The van der Waals surface area contributed by atoms with E-state index in [0.717, 1.165) is 38.8 Å². The molecule has 4 rings (SSSR count). The van der Waals surface area contributed by atoms with E-state index < -0.39 is 6.36 Å². The summed E-state index contributed by atoms with van der Waals surface area (Å²) in [5, 5.41) is 3.21. The summed E-state index contributed by atoms with van der Waals surface area (Å²) in [5.74, 6) is -0.240. The SMILES string of the molecule is CC(CC(=O)NC1CCN(C2CCN(C(=O)c3ccc(OC(F)(F)F)cc3)CC2)CC1)c1ccccc1. The quantitative estimate of drug-likeness (QED) is 0.564. The van der Waals surface area contributed by atoms with Crippen molar-refractivity contribution in [3.05, 3.63) is 65.7 Å². The first kappa shape index (κ1) is 27.0. The number of ether oxygens (including phenoxy) is 1. The molecule has 0 bridgehead atoms. The number of carbonyl (C=O) groups is 2. The van der Waals surface area contributed by atoms with Crippen LogP contribution >= 0.6 is 0 Å². The fraction of sp³-hybridized carbons (Fsp3) is 0.500. The van der Waals surface area contributed by atoms with Gasteiger partial charge in [-0.15, -0.1) is 13.2 Å². The van der Waals surface area contributed by atoms with Gasteiger partial charge in [0, 0.05) is 50.2 Å². The Balaban J connectivity index is 1.17. The second kappa shape index (κ2) is 12.0. The summed E-state index contributed by atoms with van der Waals surface area (Å²) in [4.78, 5) is 29.6. The van der Waals surface area contributed by atoms with Crippen LogP contribution in [-0.2, 0) is 4.79 Å². The van der Waals surface area contributed by atoms with Gasteiger partial charge in [0.25, 0.3) is 5.91 Å². The van der Waals surface area contributed by atoms with E-state index >= 15 is 0 Å². The monoisotopic (exact) mass is 517 g/mol. The molecule has 2 aliphatic heterocycles. The lowest BCUT2D eigenvalue weighted by Gasteiger charge is -2.42. The molecule has 1 atom stereocenters. The highest BCUT2D eigenvalue weighted by Crippen LogP contribution is 2.25. The number of amides is 2. The molecule has 0 radical (unpaired) electrons. The maximum Gasteiger partial charge on any atom is 0.573 e. The lowest BCUT2D eigenvalue weighted by molar-refractivity contribution is -0.274. The number of likely N-dealkylation sites (tertiary alicyclic amines) is 2. The molecule has 2 aromatic rings. The lowest BCUT2D eigenvalue weighted by atomic mass is 9.95. The molecule has 0 aliphatic carbocycles. The van der Waals surface area contributed by atoms with Crippen LogP contribution in [0.5, 0.6) is 5.75 Å². The minimum Gasteiger partial charge on any atom is -0.406 e. The van der Waals surface area contributed by atoms with Gasteiger partial charge >= 0.3 is 6.36 Å². The molecule has 2 aliphatic rings. The van der Waals surface area contributed by atoms with Gasteiger partial charge in [0.15, 0.2) is 0 Å². The third-order valence-electron chi connectivity index (χ3n) is 7.36. The number of alkyl halides is 3. The Bertz CT molecular complexity index is 1030. The molecule has 37 heavy (non-hydrogen) atoms. The zero-order chi connectivity index (χ0) is 26.4. The second-order valence-electron chi connectivity index (χ2n) is 9.99. The van der Waals surface area contributed by atoms with Gasteiger partial charge in [0.1, 0.15) is 5.75 Å². The van der Waals surface area contributed by atoms with Crippen molar-refractivity contribution in [1.29, 1.82) is 0 Å². The van der Waals surface area contributed by atoms with Crippen molar-refractivity contribution in [3.63, 3.8) is 0 Å². The highest BCUT2D eigenvalue weighted by molar-refractivity contribution is 5.94. The first-order valence-corrected chi connectivity index (χ1v) is 12.9. The molecule has 0 saturated carbocycles. The molecule has 2 saturated heterocycles. The molecule has 2 amide bonds. The van der Waals surface area contributed by atoms with Crippen LogP contribution in [0.3, 0.4) is 0 Å². The predicted octanol–water partition coefficient (Wildman–Crippen LogP) is 4.96. The number of hydrogen-bond donors (Lipinski definition) is 1. The molecule has 6 nitrogen and oxygen atoms in total. The normalized spacial score (nSPS) is 18.9. The van der Waals surface area contributed by atoms with Gasteiger partial charge in [0.05, 0.1) is 0 Å². The predicted molar refractivity (Wildman–Crippen MR) is 134 cm³/mol. The highest BCUT2D eigenvalue weighted by Gasteiger charge is 2.32. The van der Waals surface area contributed by atoms with Crippen LogP contribution in [0.4, 0.5) is 13.2 Å². The van der Waals surface area contributed by atoms with Crippen LogP contribution in [0.25, 0.3) is 0 Å². The van der Waals surface area contributed by atoms with Gasteiger partial charge < -0.3 is 19.9 Å². The Morgan fingerprint density at radius 1 is 0.946 bits per heavy atom. The molecule has 0 aromatic heterocycles. The average molecular weight is 518 g/mol. The van der Waals surface area contributed by atoms with Crippen molar-refractivity contribution in [2.45, 2.75) is 63.4 Å². The van der Waals surface area contributed by atoms with Gasteiger partial charge in [-0.2, -0.15) is 0 Å². The molecule has 0 spiro atoms. The molecule has 200 valence electrons. The number of hydrogen-bond acceptors (Lipinski definition) is 4. The third kappa shape index (κ3) is 7.71. The summed E-state index contributed by atoms with van der Waals surface area (Å²) in [5.41, 5.74) is 1.52. The minimum atomic E-state index is -4.76. The van der Waals surface area contributed by atoms with Crippen molar-refractivity contribution in [3.8, 4) is 5.75 Å². The van der Waals surface area contributed by atoms with Gasteiger partial charge in [0.2, 0.25) is 5.91 Å². The third-order valence-corrected chi connectivity index (χ3v) is 7.36. The fourth-order valence-electron chi connectivity index (χ4n) is 5.29. The van der Waals surface area contributed by atoms with Crippen molar-refractivity contribution in [2.24, 2.45) is 0 Å². The number of nitrogens with zero attached hydrogens (tertiary/aromatic N) is 2. The van der Waals surface area contributed by atoms with Gasteiger partial charge in [-0.3, -0.25) is 9.59 Å². The van der Waals surface area contributed by atoms with E-state index in [4.69, 9.17) is 0 Å². The topological polar surface area (TPSA) is 61.9 Å². The number of rotatable bonds is 7. The highest BCUT2D eigenvalue weighted by atomic mass is 19.4. The van der Waals surface area contributed by atoms with Crippen molar-refractivity contribution in [1.82, 2.24) is 15.1 Å². The second-order valence-corrected chi connectivity index (χ2v) is 9.99. The first-order valence-electron chi connectivity index (χ1n) is 12.9. The molecular weight excluding hydrogens is 483 g/mol. The number of benzene rings is 2. The Kier molecular flexibility index (Phi) is 8.74. The van der Waals surface area contributed by atoms with E-state index in [2.05, 4.69) is 34.0 Å². The number of nitrogens with one attached hydrogen (secondary N) is 1. The van der Waals surface area contributed by atoms with Gasteiger partial charge in [-0.25, -0.2) is 0 Å². The Morgan fingerprint density at radius 2 is 1.57 bits per heavy atom. The van der Waals surface area contributed by atoms with Crippen LogP contribution in [-0.4, -0.2) is 66.2 Å². The Hall–Kier alpha value is -3.07. The summed E-state index contributed by atoms with van der Waals surface area (Å²) in [6, 6.07) is 15.7. The summed E-state index contributed by atoms with van der Waals surface area (Å²) >= 11 is 0. The van der Waals surface area contributed by atoms with Gasteiger partial charge in [-0.1, -0.05) is 37.3 Å². The van der Waals surface area contributed by atoms with E-state index in [1.165, 1.54) is 29.8 Å². The molecular formula is C28H34F3N3O3. The summed E-state index contributed by atoms with van der Waals surface area (Å²) in [7, 11) is 0. The van der Waals surface area contributed by atoms with Crippen LogP contribution < -0.4 is 10.1 Å². The average Bonchev–Trinajstić information content (AvgIpc) is 2.89. The number of halogens is 3. The summed E-state index contributed by atoms with van der Waals surface area (Å²) < 4.78 is 40.9. The van der Waals surface area contributed by atoms with Gasteiger partial charge in [-0.05, 0) is 61.4 Å². The van der Waals surface area contributed by atoms with E-state index in [-0.39, 0.29) is 29.5 Å². The fourth-order valence-corrected chi connectivity index (χ4v) is 5.29. The smallest absolute Gasteiger partial charge is 0.406 e. The van der Waals surface area contributed by atoms with Crippen LogP contribution in [0.2, 0.25) is 0 Å². The van der Waals surface area contributed by atoms with E-state index in [1.54, 1.807) is 4.90 Å². The van der Waals surface area contributed by atoms with Crippen LogP contribution in [0.15, 0.2) is 54.6 Å². The van der Waals surface area contributed by atoms with Crippen LogP contribution in [0, 0.1) is 0 Å². The number of carbonyl (C=O) groups excluding carboxylic acids is 2. The van der Waals surface area contributed by atoms with E-state index in [0.29, 0.717) is 31.1 Å². The Labute approximate surface area is 215 Å². The zero-order valence-corrected chi connectivity index (χ0v) is 21.0. The summed E-state index contributed by atoms with van der Waals surface area (Å²) in [6.07, 6.45) is -0.740. The maximum absolute atomic E-state index is 12.8. The molecule has 1 N–H and O–H groups in total. The van der Waals surface area contributed by atoms with E-state index in [9.17, 15) is 22.8 Å². The standard InChI is InChI=1S/C28H34F3N3O3/c1-20(21-5-3-2-4-6-21)19-26(35)32-23-11-15-33(16-12-23)24-13-17-34(18-14-24)27(36)22-7-9-25(10-8-22)37-28(29,30)31/h2-10,20,23-24H,11-19H2,1H3,(H,32,35). The van der Waals surface area contributed by atoms with Crippen molar-refractivity contribution >= 4 is 11.8 Å². The maximum atomic E-state index is 12.8. The molecule has 2 fully saturated rings. The largest absolute Gasteiger partial charge is 0.573 e. The molecule has 9 heteroatoms. The van der Waals surface area contributed by atoms with Crippen molar-refractivity contribution in [2.75, 3.05) is 26.2 Å². The first-order chi connectivity index (χ1) is 17.7. The molecule has 2 aromatic carbocycles. The Morgan fingerprint density at radius 3 is 2.16 bits per heavy atom. The van der Waals surface area contributed by atoms with E-state index in [1.807, 2.05) is 18.2 Å². The van der Waals surface area contributed by atoms with Crippen LogP contribution in [0.1, 0.15) is 60.9 Å². The number of piperidine rings is 2. The minimum absolute atomic E-state index is 0.0969. The molecule has 2 heterocycles.